The van der Waals surface area contributed by atoms with E-state index in [9.17, 15) is 0 Å². The highest BCUT2D eigenvalue weighted by Gasteiger charge is 2.41. The Morgan fingerprint density at radius 1 is 0.889 bits per heavy atom. The molecule has 3 nitrogen and oxygen atoms in total. The van der Waals surface area contributed by atoms with Gasteiger partial charge in [-0.2, -0.15) is 5.10 Å². The smallest absolute Gasteiger partial charge is 0.214 e. The summed E-state index contributed by atoms with van der Waals surface area (Å²) < 4.78 is 8.50. The summed E-state index contributed by atoms with van der Waals surface area (Å²) in [5.74, 6) is 0.921. The fourth-order valence-electron chi connectivity index (χ4n) is 3.74. The van der Waals surface area contributed by atoms with Crippen molar-refractivity contribution in [3.63, 3.8) is 0 Å². The van der Waals surface area contributed by atoms with Crippen molar-refractivity contribution < 1.29 is 4.74 Å². The highest BCUT2D eigenvalue weighted by Crippen LogP contribution is 2.49. The molecule has 0 spiro atoms. The predicted octanol–water partition coefficient (Wildman–Crippen LogP) is 6.45. The van der Waals surface area contributed by atoms with E-state index >= 15 is 0 Å². The third kappa shape index (κ3) is 2.99. The molecule has 0 N–H and O–H groups in total. The van der Waals surface area contributed by atoms with E-state index in [0.29, 0.717) is 0 Å². The molecular formula is C22H16Br2N2O. The second-order valence-electron chi connectivity index (χ2n) is 6.69. The average molecular weight is 484 g/mol. The summed E-state index contributed by atoms with van der Waals surface area (Å²) in [5, 5.41) is 7.10. The van der Waals surface area contributed by atoms with Crippen LogP contribution in [0.5, 0.6) is 5.75 Å². The van der Waals surface area contributed by atoms with Crippen molar-refractivity contribution >= 4 is 37.6 Å². The summed E-state index contributed by atoms with van der Waals surface area (Å²) in [4.78, 5) is 0. The Kier molecular flexibility index (Phi) is 4.29. The van der Waals surface area contributed by atoms with E-state index in [1.165, 1.54) is 5.56 Å². The fraction of sp³-hybridized carbons (Fsp3) is 0.136. The molecule has 27 heavy (non-hydrogen) atoms. The molecule has 2 aliphatic rings. The van der Waals surface area contributed by atoms with Gasteiger partial charge in [-0.25, -0.2) is 5.01 Å². The van der Waals surface area contributed by atoms with Crippen molar-refractivity contribution in [2.45, 2.75) is 18.7 Å². The number of halogens is 2. The van der Waals surface area contributed by atoms with Crippen molar-refractivity contribution in [3.05, 3.63) is 98.4 Å². The van der Waals surface area contributed by atoms with Crippen LogP contribution in [0.2, 0.25) is 0 Å². The number of nitrogens with zero attached hydrogens (tertiary/aromatic N) is 2. The van der Waals surface area contributed by atoms with Crippen molar-refractivity contribution in [2.75, 3.05) is 0 Å². The third-order valence-corrected chi connectivity index (χ3v) is 6.25. The normalized spacial score (nSPS) is 20.5. The van der Waals surface area contributed by atoms with Gasteiger partial charge in [-0.1, -0.05) is 80.4 Å². The minimum atomic E-state index is -0.263. The summed E-state index contributed by atoms with van der Waals surface area (Å²) in [5.41, 5.74) is 4.50. The minimum absolute atomic E-state index is 0.151. The Balaban J connectivity index is 1.64. The van der Waals surface area contributed by atoms with Gasteiger partial charge in [0.25, 0.3) is 0 Å². The summed E-state index contributed by atoms with van der Waals surface area (Å²) >= 11 is 7.28. The summed E-state index contributed by atoms with van der Waals surface area (Å²) in [6, 6.07) is 24.9. The monoisotopic (exact) mass is 482 g/mol. The average Bonchev–Trinajstić information content (AvgIpc) is 3.15. The summed E-state index contributed by atoms with van der Waals surface area (Å²) in [6.07, 6.45) is 0.595. The maximum absolute atomic E-state index is 6.42. The molecule has 2 atom stereocenters. The van der Waals surface area contributed by atoms with Gasteiger partial charge in [-0.3, -0.25) is 0 Å². The first kappa shape index (κ1) is 17.0. The first-order valence-corrected chi connectivity index (χ1v) is 10.4. The van der Waals surface area contributed by atoms with Gasteiger partial charge in [0.15, 0.2) is 0 Å². The van der Waals surface area contributed by atoms with Crippen LogP contribution in [0.3, 0.4) is 0 Å². The standard InChI is InChI=1S/C22H16Br2N2O/c23-15-10-11-21-17(12-15)20-13-19(14-6-2-1-3-7-14)25-26(20)22(27-21)16-8-4-5-9-18(16)24/h1-12,20,22H,13H2/t20-,22+/m1/s1. The topological polar surface area (TPSA) is 24.8 Å². The van der Waals surface area contributed by atoms with Crippen LogP contribution in [0.1, 0.15) is 35.4 Å². The zero-order valence-electron chi connectivity index (χ0n) is 14.3. The Morgan fingerprint density at radius 3 is 2.48 bits per heavy atom. The zero-order chi connectivity index (χ0) is 18.4. The van der Waals surface area contributed by atoms with Crippen molar-refractivity contribution in [1.29, 1.82) is 0 Å². The van der Waals surface area contributed by atoms with Crippen LogP contribution in [0.4, 0.5) is 0 Å². The molecule has 2 heterocycles. The van der Waals surface area contributed by atoms with Crippen molar-refractivity contribution in [3.8, 4) is 5.75 Å². The molecule has 134 valence electrons. The molecule has 0 aliphatic carbocycles. The van der Waals surface area contributed by atoms with Gasteiger partial charge in [-0.05, 0) is 29.8 Å². The molecular weight excluding hydrogens is 468 g/mol. The quantitative estimate of drug-likeness (QED) is 0.418. The lowest BCUT2D eigenvalue weighted by Gasteiger charge is -2.38. The van der Waals surface area contributed by atoms with E-state index in [4.69, 9.17) is 9.84 Å². The van der Waals surface area contributed by atoms with Gasteiger partial charge in [0, 0.05) is 26.5 Å². The Hall–Kier alpha value is -2.11. The fourth-order valence-corrected chi connectivity index (χ4v) is 4.60. The molecule has 3 aromatic carbocycles. The van der Waals surface area contributed by atoms with E-state index in [1.54, 1.807) is 0 Å². The van der Waals surface area contributed by atoms with Gasteiger partial charge in [0.05, 0.1) is 11.8 Å². The van der Waals surface area contributed by atoms with Gasteiger partial charge in [0.1, 0.15) is 5.75 Å². The van der Waals surface area contributed by atoms with E-state index < -0.39 is 0 Å². The highest BCUT2D eigenvalue weighted by atomic mass is 79.9. The molecule has 0 radical (unpaired) electrons. The molecule has 2 aliphatic heterocycles. The largest absolute Gasteiger partial charge is 0.464 e. The van der Waals surface area contributed by atoms with Gasteiger partial charge >= 0.3 is 0 Å². The molecule has 5 rings (SSSR count). The predicted molar refractivity (Wildman–Crippen MR) is 114 cm³/mol. The van der Waals surface area contributed by atoms with Gasteiger partial charge < -0.3 is 4.74 Å². The van der Waals surface area contributed by atoms with Gasteiger partial charge in [-0.15, -0.1) is 0 Å². The second-order valence-corrected chi connectivity index (χ2v) is 8.46. The van der Waals surface area contributed by atoms with E-state index in [2.05, 4.69) is 73.3 Å². The first-order chi connectivity index (χ1) is 13.2. The number of rotatable bonds is 2. The lowest BCUT2D eigenvalue weighted by molar-refractivity contribution is -0.0195. The lowest BCUT2D eigenvalue weighted by Crippen LogP contribution is -2.33. The molecule has 0 saturated heterocycles. The molecule has 3 aromatic rings. The van der Waals surface area contributed by atoms with E-state index in [0.717, 1.165) is 38.0 Å². The maximum atomic E-state index is 6.42. The highest BCUT2D eigenvalue weighted by molar-refractivity contribution is 9.10. The van der Waals surface area contributed by atoms with Crippen LogP contribution < -0.4 is 4.74 Å². The Morgan fingerprint density at radius 2 is 1.67 bits per heavy atom. The summed E-state index contributed by atoms with van der Waals surface area (Å²) in [7, 11) is 0. The SMILES string of the molecule is Brc1ccc2c(c1)[C@H]1CC(c3ccccc3)=NN1[C@H](c1ccccc1Br)O2. The van der Waals surface area contributed by atoms with Crippen LogP contribution in [0.25, 0.3) is 0 Å². The molecule has 0 saturated carbocycles. The van der Waals surface area contributed by atoms with E-state index in [-0.39, 0.29) is 12.3 Å². The summed E-state index contributed by atoms with van der Waals surface area (Å²) in [6.45, 7) is 0. The minimum Gasteiger partial charge on any atom is -0.464 e. The van der Waals surface area contributed by atoms with Gasteiger partial charge in [0.2, 0.25) is 6.23 Å². The number of hydrazone groups is 1. The number of fused-ring (bicyclic) bond motifs is 3. The van der Waals surface area contributed by atoms with Crippen LogP contribution in [0.15, 0.2) is 86.8 Å². The van der Waals surface area contributed by atoms with Crippen LogP contribution in [-0.2, 0) is 0 Å². The lowest BCUT2D eigenvalue weighted by atomic mass is 9.96. The molecule has 0 fully saturated rings. The number of ether oxygens (including phenoxy) is 1. The molecule has 0 amide bonds. The second kappa shape index (κ2) is 6.80. The van der Waals surface area contributed by atoms with Crippen molar-refractivity contribution in [2.24, 2.45) is 5.10 Å². The zero-order valence-corrected chi connectivity index (χ0v) is 17.5. The van der Waals surface area contributed by atoms with Crippen LogP contribution >= 0.6 is 31.9 Å². The number of hydrogen-bond acceptors (Lipinski definition) is 3. The first-order valence-electron chi connectivity index (χ1n) is 8.82. The molecule has 0 aromatic heterocycles. The molecule has 0 unspecified atom stereocenters. The maximum Gasteiger partial charge on any atom is 0.214 e. The number of hydrogen-bond donors (Lipinski definition) is 0. The Labute approximate surface area is 174 Å². The number of benzene rings is 3. The van der Waals surface area contributed by atoms with E-state index in [1.807, 2.05) is 36.4 Å². The third-order valence-electron chi connectivity index (χ3n) is 5.03. The molecule has 5 heteroatoms. The molecule has 0 bridgehead atoms. The van der Waals surface area contributed by atoms with Crippen LogP contribution in [-0.4, -0.2) is 10.7 Å². The van der Waals surface area contributed by atoms with Crippen molar-refractivity contribution in [1.82, 2.24) is 5.01 Å². The van der Waals surface area contributed by atoms with Crippen LogP contribution in [0, 0.1) is 0 Å². The Bertz CT molecular complexity index is 1040.